The summed E-state index contributed by atoms with van der Waals surface area (Å²) in [7, 11) is 4.46. The van der Waals surface area contributed by atoms with Gasteiger partial charge in [0.05, 0.1) is 32.6 Å². The van der Waals surface area contributed by atoms with E-state index in [1.165, 1.54) is 26.4 Å². The van der Waals surface area contributed by atoms with Crippen LogP contribution in [-0.4, -0.2) is 43.3 Å². The van der Waals surface area contributed by atoms with Gasteiger partial charge in [0.25, 0.3) is 5.89 Å². The van der Waals surface area contributed by atoms with E-state index in [1.54, 1.807) is 52.1 Å². The van der Waals surface area contributed by atoms with E-state index in [0.717, 1.165) is 0 Å². The van der Waals surface area contributed by atoms with Gasteiger partial charge in [-0.05, 0) is 12.1 Å². The van der Waals surface area contributed by atoms with E-state index in [2.05, 4.69) is 15.5 Å². The van der Waals surface area contributed by atoms with E-state index in [1.807, 2.05) is 0 Å². The average Bonchev–Trinajstić information content (AvgIpc) is 3.30. The van der Waals surface area contributed by atoms with E-state index in [4.69, 9.17) is 23.5 Å². The lowest BCUT2D eigenvalue weighted by atomic mass is 9.95. The van der Waals surface area contributed by atoms with Crippen LogP contribution in [0.25, 0.3) is 11.4 Å². The van der Waals surface area contributed by atoms with Crippen molar-refractivity contribution in [3.63, 3.8) is 0 Å². The van der Waals surface area contributed by atoms with Crippen molar-refractivity contribution < 1.29 is 33.1 Å². The highest BCUT2D eigenvalue weighted by Crippen LogP contribution is 2.34. The van der Waals surface area contributed by atoms with Crippen LogP contribution < -0.4 is 19.5 Å². The molecule has 0 radical (unpaired) electrons. The van der Waals surface area contributed by atoms with Gasteiger partial charge in [0.15, 0.2) is 18.1 Å². The molecule has 1 heterocycles. The lowest BCUT2D eigenvalue weighted by molar-refractivity contribution is -0.123. The zero-order valence-electron chi connectivity index (χ0n) is 19.9. The van der Waals surface area contributed by atoms with Crippen LogP contribution in [0.3, 0.4) is 0 Å². The van der Waals surface area contributed by atoms with Crippen molar-refractivity contribution in [2.24, 2.45) is 5.41 Å². The summed E-state index contributed by atoms with van der Waals surface area (Å²) in [4.78, 5) is 29.7. The molecule has 1 aromatic heterocycles. The van der Waals surface area contributed by atoms with Crippen LogP contribution in [0, 0.1) is 5.41 Å². The van der Waals surface area contributed by atoms with Gasteiger partial charge < -0.3 is 28.8 Å². The molecule has 0 spiro atoms. The molecule has 180 valence electrons. The van der Waals surface area contributed by atoms with Gasteiger partial charge in [-0.3, -0.25) is 4.79 Å². The molecule has 0 aliphatic heterocycles. The number of carbonyl (C=O) groups excluding carboxylic acids is 2. The molecule has 3 rings (SSSR count). The first-order valence-electron chi connectivity index (χ1n) is 10.4. The van der Waals surface area contributed by atoms with Gasteiger partial charge in [-0.1, -0.05) is 38.1 Å². The number of anilines is 1. The lowest BCUT2D eigenvalue weighted by Gasteiger charge is -2.20. The fourth-order valence-corrected chi connectivity index (χ4v) is 2.86. The third-order valence-electron chi connectivity index (χ3n) is 4.80. The minimum absolute atomic E-state index is 0.0859. The number of amides is 1. The predicted molar refractivity (Wildman–Crippen MR) is 123 cm³/mol. The predicted octanol–water partition coefficient (Wildman–Crippen LogP) is 4.10. The topological polar surface area (TPSA) is 122 Å². The number of hydrogen-bond acceptors (Lipinski definition) is 9. The smallest absolute Gasteiger partial charge is 0.340 e. The second-order valence-corrected chi connectivity index (χ2v) is 8.28. The standard InChI is InChI=1S/C24H27N3O7/c1-24(2,3)23(29)25-17-12-19(32-6)18(31-5)11-16(17)22(28)33-13-20-26-21(27-34-20)14-8-7-9-15(10-14)30-4/h7-12H,13H2,1-6H3,(H,25,29). The first kappa shape index (κ1) is 24.6. The quantitative estimate of drug-likeness (QED) is 0.486. The molecule has 0 atom stereocenters. The molecule has 1 amide bonds. The zero-order valence-corrected chi connectivity index (χ0v) is 19.9. The molecule has 10 nitrogen and oxygen atoms in total. The largest absolute Gasteiger partial charge is 0.497 e. The van der Waals surface area contributed by atoms with Crippen LogP contribution in [0.15, 0.2) is 40.9 Å². The Kier molecular flexibility index (Phi) is 7.40. The number of aromatic nitrogens is 2. The maximum absolute atomic E-state index is 12.9. The van der Waals surface area contributed by atoms with E-state index < -0.39 is 11.4 Å². The zero-order chi connectivity index (χ0) is 24.9. The monoisotopic (exact) mass is 469 g/mol. The van der Waals surface area contributed by atoms with Crippen LogP contribution >= 0.6 is 0 Å². The molecule has 0 unspecified atom stereocenters. The van der Waals surface area contributed by atoms with Crippen molar-refractivity contribution in [1.29, 1.82) is 0 Å². The van der Waals surface area contributed by atoms with E-state index in [-0.39, 0.29) is 29.7 Å². The Labute approximate surface area is 197 Å². The summed E-state index contributed by atoms with van der Waals surface area (Å²) in [6, 6.07) is 10.1. The Morgan fingerprint density at radius 3 is 2.35 bits per heavy atom. The SMILES string of the molecule is COc1cccc(-c2noc(COC(=O)c3cc(OC)c(OC)cc3NC(=O)C(C)(C)C)n2)c1. The number of ether oxygens (including phenoxy) is 4. The minimum atomic E-state index is -0.716. The van der Waals surface area contributed by atoms with Crippen LogP contribution in [-0.2, 0) is 16.1 Å². The van der Waals surface area contributed by atoms with Crippen molar-refractivity contribution in [2.45, 2.75) is 27.4 Å². The van der Waals surface area contributed by atoms with Crippen molar-refractivity contribution in [3.8, 4) is 28.6 Å². The molecule has 2 aromatic carbocycles. The molecule has 0 aliphatic rings. The number of carbonyl (C=O) groups is 2. The Balaban J connectivity index is 1.81. The Bertz CT molecular complexity index is 1180. The second-order valence-electron chi connectivity index (χ2n) is 8.28. The molecule has 1 N–H and O–H groups in total. The van der Waals surface area contributed by atoms with Gasteiger partial charge in [0.2, 0.25) is 11.7 Å². The van der Waals surface area contributed by atoms with E-state index in [9.17, 15) is 9.59 Å². The third-order valence-corrected chi connectivity index (χ3v) is 4.80. The van der Waals surface area contributed by atoms with E-state index in [0.29, 0.717) is 28.6 Å². The number of esters is 1. The fraction of sp³-hybridized carbons (Fsp3) is 0.333. The third kappa shape index (κ3) is 5.64. The molecule has 3 aromatic rings. The van der Waals surface area contributed by atoms with Gasteiger partial charge >= 0.3 is 5.97 Å². The van der Waals surface area contributed by atoms with Gasteiger partial charge in [-0.15, -0.1) is 0 Å². The Hall–Kier alpha value is -4.08. The van der Waals surface area contributed by atoms with Crippen molar-refractivity contribution in [1.82, 2.24) is 10.1 Å². The number of methoxy groups -OCH3 is 3. The molecular weight excluding hydrogens is 442 g/mol. The maximum atomic E-state index is 12.9. The highest BCUT2D eigenvalue weighted by atomic mass is 16.6. The molecule has 0 bridgehead atoms. The van der Waals surface area contributed by atoms with Crippen LogP contribution in [0.4, 0.5) is 5.69 Å². The summed E-state index contributed by atoms with van der Waals surface area (Å²) < 4.78 is 26.4. The first-order chi connectivity index (χ1) is 16.2. The molecule has 0 saturated carbocycles. The summed E-state index contributed by atoms with van der Waals surface area (Å²) >= 11 is 0. The second kappa shape index (κ2) is 10.2. The van der Waals surface area contributed by atoms with Crippen LogP contribution in [0.5, 0.6) is 17.2 Å². The minimum Gasteiger partial charge on any atom is -0.497 e. The Morgan fingerprint density at radius 1 is 1.00 bits per heavy atom. The highest BCUT2D eigenvalue weighted by molar-refractivity contribution is 6.03. The molecular formula is C24H27N3O7. The number of benzene rings is 2. The lowest BCUT2D eigenvalue weighted by Crippen LogP contribution is -2.28. The summed E-state index contributed by atoms with van der Waals surface area (Å²) in [5, 5.41) is 6.67. The van der Waals surface area contributed by atoms with Gasteiger partial charge in [0.1, 0.15) is 5.75 Å². The number of rotatable bonds is 8. The van der Waals surface area contributed by atoms with Gasteiger partial charge in [-0.25, -0.2) is 4.79 Å². The van der Waals surface area contributed by atoms with Crippen LogP contribution in [0.1, 0.15) is 37.0 Å². The normalized spacial score (nSPS) is 11.0. The molecule has 0 saturated heterocycles. The van der Waals surface area contributed by atoms with Crippen molar-refractivity contribution in [2.75, 3.05) is 26.6 Å². The van der Waals surface area contributed by atoms with E-state index >= 15 is 0 Å². The fourth-order valence-electron chi connectivity index (χ4n) is 2.86. The number of hydrogen-bond donors (Lipinski definition) is 1. The number of nitrogens with zero attached hydrogens (tertiary/aromatic N) is 2. The van der Waals surface area contributed by atoms with Gasteiger partial charge in [0, 0.05) is 23.1 Å². The Morgan fingerprint density at radius 2 is 1.71 bits per heavy atom. The van der Waals surface area contributed by atoms with Crippen molar-refractivity contribution in [3.05, 3.63) is 47.9 Å². The summed E-state index contributed by atoms with van der Waals surface area (Å²) in [5.41, 5.74) is 0.315. The number of nitrogens with one attached hydrogen (secondary N) is 1. The molecule has 0 aliphatic carbocycles. The summed E-state index contributed by atoms with van der Waals surface area (Å²) in [6.45, 7) is 5.01. The maximum Gasteiger partial charge on any atom is 0.340 e. The first-order valence-corrected chi connectivity index (χ1v) is 10.4. The van der Waals surface area contributed by atoms with Crippen LogP contribution in [0.2, 0.25) is 0 Å². The van der Waals surface area contributed by atoms with Gasteiger partial charge in [-0.2, -0.15) is 4.98 Å². The summed E-state index contributed by atoms with van der Waals surface area (Å²) in [5.74, 6) is 0.735. The summed E-state index contributed by atoms with van der Waals surface area (Å²) in [6.07, 6.45) is 0. The molecule has 0 fully saturated rings. The molecule has 34 heavy (non-hydrogen) atoms. The molecule has 10 heteroatoms. The van der Waals surface area contributed by atoms with Crippen molar-refractivity contribution >= 4 is 17.6 Å². The highest BCUT2D eigenvalue weighted by Gasteiger charge is 2.26. The average molecular weight is 469 g/mol.